The number of hydrogen-bond acceptors (Lipinski definition) is 9. The lowest BCUT2D eigenvalue weighted by Crippen LogP contribution is -2.69. The quantitative estimate of drug-likeness (QED) is 0.335. The number of rotatable bonds is 6. The van der Waals surface area contributed by atoms with Crippen molar-refractivity contribution in [1.82, 2.24) is 5.32 Å². The number of Topliss-reactive ketones (excluding diaryl/α,β-unsaturated/α-hetero) is 3. The summed E-state index contributed by atoms with van der Waals surface area (Å²) in [6, 6.07) is 0. The number of aliphatic hydroxyl groups excluding tert-OH is 1. The molecular formula is C17H22N2O8. The number of dihydropyridines is 1. The van der Waals surface area contributed by atoms with Crippen LogP contribution in [0.15, 0.2) is 23.5 Å². The van der Waals surface area contributed by atoms with Crippen LogP contribution in [0.25, 0.3) is 0 Å². The second-order valence-electron chi connectivity index (χ2n) is 6.64. The van der Waals surface area contributed by atoms with Crippen LogP contribution >= 0.6 is 0 Å². The van der Waals surface area contributed by atoms with Gasteiger partial charge in [0, 0.05) is 5.57 Å². The number of nitrogens with two attached hydrogens (primary N) is 1. The van der Waals surface area contributed by atoms with Crippen LogP contribution in [0.4, 0.5) is 0 Å². The second-order valence-corrected chi connectivity index (χ2v) is 6.64. The van der Waals surface area contributed by atoms with Gasteiger partial charge >= 0.3 is 0 Å². The monoisotopic (exact) mass is 382 g/mol. The predicted molar refractivity (Wildman–Crippen MR) is 89.7 cm³/mol. The fourth-order valence-corrected chi connectivity index (χ4v) is 3.46. The molecule has 0 spiro atoms. The van der Waals surface area contributed by atoms with E-state index in [1.165, 1.54) is 6.20 Å². The summed E-state index contributed by atoms with van der Waals surface area (Å²) in [6.07, 6.45) is -2.72. The summed E-state index contributed by atoms with van der Waals surface area (Å²) in [4.78, 5) is 48.0. The van der Waals surface area contributed by atoms with Crippen molar-refractivity contribution in [2.24, 2.45) is 5.73 Å². The Morgan fingerprint density at radius 1 is 1.19 bits per heavy atom. The number of hydrogen-bond donors (Lipinski definition) is 5. The summed E-state index contributed by atoms with van der Waals surface area (Å²) in [6.45, 7) is 2.79. The summed E-state index contributed by atoms with van der Waals surface area (Å²) in [5.41, 5.74) is -0.672. The SMILES string of the molecule is CC(=O)C(O)[C@H]1O[C@@H](C2=C(C(N)=O)CC=CN2)[C@@](O)(C(C)=O)[C@@]1(O)C(C)=O. The van der Waals surface area contributed by atoms with Crippen LogP contribution in [0.5, 0.6) is 0 Å². The van der Waals surface area contributed by atoms with E-state index < -0.39 is 52.8 Å². The molecule has 0 radical (unpaired) electrons. The lowest BCUT2D eigenvalue weighted by molar-refractivity contribution is -0.181. The molecule has 0 aliphatic carbocycles. The maximum atomic E-state index is 12.4. The van der Waals surface area contributed by atoms with E-state index in [4.69, 9.17) is 10.5 Å². The number of ketones is 3. The fourth-order valence-electron chi connectivity index (χ4n) is 3.46. The first kappa shape index (κ1) is 20.9. The molecule has 27 heavy (non-hydrogen) atoms. The number of amides is 1. The lowest BCUT2D eigenvalue weighted by atomic mass is 9.70. The van der Waals surface area contributed by atoms with Gasteiger partial charge in [-0.2, -0.15) is 0 Å². The molecule has 2 aliphatic rings. The number of ether oxygens (including phenoxy) is 1. The van der Waals surface area contributed by atoms with Crippen LogP contribution < -0.4 is 11.1 Å². The van der Waals surface area contributed by atoms with Crippen LogP contribution in [0, 0.1) is 0 Å². The molecule has 2 aliphatic heterocycles. The molecule has 1 amide bonds. The molecule has 2 rings (SSSR count). The van der Waals surface area contributed by atoms with E-state index in [1.807, 2.05) is 0 Å². The minimum atomic E-state index is -2.94. The molecule has 0 bridgehead atoms. The van der Waals surface area contributed by atoms with Gasteiger partial charge in [-0.3, -0.25) is 19.2 Å². The van der Waals surface area contributed by atoms with E-state index in [9.17, 15) is 34.5 Å². The summed E-state index contributed by atoms with van der Waals surface area (Å²) < 4.78 is 5.48. The first-order chi connectivity index (χ1) is 12.4. The maximum absolute atomic E-state index is 12.4. The van der Waals surface area contributed by atoms with E-state index in [0.717, 1.165) is 20.8 Å². The molecule has 1 unspecified atom stereocenters. The van der Waals surface area contributed by atoms with E-state index in [2.05, 4.69) is 5.32 Å². The third-order valence-corrected chi connectivity index (χ3v) is 5.00. The topological polar surface area (TPSA) is 176 Å². The lowest BCUT2D eigenvalue weighted by Gasteiger charge is -2.38. The van der Waals surface area contributed by atoms with Gasteiger partial charge in [0.2, 0.25) is 5.91 Å². The minimum absolute atomic E-state index is 0.0456. The highest BCUT2D eigenvalue weighted by Gasteiger charge is 2.73. The Labute approximate surface area is 154 Å². The number of allylic oxidation sites excluding steroid dienone is 1. The summed E-state index contributed by atoms with van der Waals surface area (Å²) in [5.74, 6) is -3.89. The molecule has 10 heteroatoms. The molecule has 5 atom stereocenters. The number of carbonyl (C=O) groups is 4. The van der Waals surface area contributed by atoms with Crippen molar-refractivity contribution in [3.63, 3.8) is 0 Å². The van der Waals surface area contributed by atoms with Gasteiger partial charge in [0.25, 0.3) is 0 Å². The van der Waals surface area contributed by atoms with E-state index >= 15 is 0 Å². The zero-order valence-corrected chi connectivity index (χ0v) is 15.1. The molecule has 1 fully saturated rings. The van der Waals surface area contributed by atoms with Crippen LogP contribution in [-0.4, -0.2) is 68.1 Å². The third-order valence-electron chi connectivity index (χ3n) is 5.00. The molecule has 148 valence electrons. The Morgan fingerprint density at radius 3 is 2.19 bits per heavy atom. The average molecular weight is 382 g/mol. The van der Waals surface area contributed by atoms with Gasteiger partial charge in [-0.05, 0) is 33.4 Å². The molecule has 10 nitrogen and oxygen atoms in total. The van der Waals surface area contributed by atoms with E-state index in [1.54, 1.807) is 6.08 Å². The molecule has 0 aromatic rings. The Morgan fingerprint density at radius 2 is 1.74 bits per heavy atom. The standard InChI is InChI=1S/C17H22N2O8/c1-7(20)12(23)14-17(26,9(3)22)16(25,8(2)21)13(27-14)11-10(15(18)24)5-4-6-19-11/h4,6,12-14,19,23,25-26H,5H2,1-3H3,(H2,18,24)/t12?,13-,14+,16-,17+/m0/s1. The largest absolute Gasteiger partial charge is 0.382 e. The Hall–Kier alpha value is -2.40. The predicted octanol–water partition coefficient (Wildman–Crippen LogP) is -2.41. The number of nitrogens with one attached hydrogen (secondary N) is 1. The maximum Gasteiger partial charge on any atom is 0.246 e. The van der Waals surface area contributed by atoms with Crippen LogP contribution in [0.2, 0.25) is 0 Å². The van der Waals surface area contributed by atoms with Crippen molar-refractivity contribution in [2.45, 2.75) is 56.7 Å². The van der Waals surface area contributed by atoms with Crippen molar-refractivity contribution in [1.29, 1.82) is 0 Å². The molecule has 0 aromatic heterocycles. The van der Waals surface area contributed by atoms with Gasteiger partial charge in [0.1, 0.15) is 18.3 Å². The van der Waals surface area contributed by atoms with Gasteiger partial charge in [0.05, 0.1) is 5.70 Å². The first-order valence-corrected chi connectivity index (χ1v) is 8.15. The molecule has 0 aromatic carbocycles. The fraction of sp³-hybridized carbons (Fsp3) is 0.529. The molecule has 1 saturated heterocycles. The zero-order valence-electron chi connectivity index (χ0n) is 15.1. The van der Waals surface area contributed by atoms with Crippen LogP contribution in [0.3, 0.4) is 0 Å². The molecule has 0 saturated carbocycles. The Bertz CT molecular complexity index is 773. The van der Waals surface area contributed by atoms with Crippen molar-refractivity contribution in [3.8, 4) is 0 Å². The summed E-state index contributed by atoms with van der Waals surface area (Å²) >= 11 is 0. The van der Waals surface area contributed by atoms with Crippen molar-refractivity contribution >= 4 is 23.3 Å². The van der Waals surface area contributed by atoms with Gasteiger partial charge in [-0.1, -0.05) is 6.08 Å². The molecular weight excluding hydrogens is 360 g/mol. The van der Waals surface area contributed by atoms with Gasteiger partial charge in [-0.25, -0.2) is 0 Å². The minimum Gasteiger partial charge on any atom is -0.382 e. The smallest absolute Gasteiger partial charge is 0.246 e. The van der Waals surface area contributed by atoms with Crippen LogP contribution in [0.1, 0.15) is 27.2 Å². The summed E-state index contributed by atoms with van der Waals surface area (Å²) in [5, 5.41) is 35.0. The van der Waals surface area contributed by atoms with E-state index in [0.29, 0.717) is 0 Å². The highest BCUT2D eigenvalue weighted by Crippen LogP contribution is 2.46. The van der Waals surface area contributed by atoms with Crippen molar-refractivity contribution in [3.05, 3.63) is 23.5 Å². The number of primary amides is 1. The number of aliphatic hydroxyl groups is 3. The highest BCUT2D eigenvalue weighted by molar-refractivity contribution is 6.01. The van der Waals surface area contributed by atoms with Gasteiger partial charge < -0.3 is 31.1 Å². The van der Waals surface area contributed by atoms with Crippen molar-refractivity contribution in [2.75, 3.05) is 0 Å². The zero-order chi connectivity index (χ0) is 20.7. The second kappa shape index (κ2) is 6.97. The van der Waals surface area contributed by atoms with Gasteiger partial charge in [-0.15, -0.1) is 0 Å². The van der Waals surface area contributed by atoms with Crippen LogP contribution in [-0.2, 0) is 23.9 Å². The third kappa shape index (κ3) is 2.90. The Balaban J connectivity index is 2.75. The van der Waals surface area contributed by atoms with Crippen molar-refractivity contribution < 1.29 is 39.2 Å². The normalized spacial score (nSPS) is 34.1. The highest BCUT2D eigenvalue weighted by atomic mass is 16.6. The first-order valence-electron chi connectivity index (χ1n) is 8.15. The van der Waals surface area contributed by atoms with E-state index in [-0.39, 0.29) is 17.7 Å². The molecule has 2 heterocycles. The molecule has 6 N–H and O–H groups in total. The average Bonchev–Trinajstić information content (AvgIpc) is 2.84. The number of carbonyl (C=O) groups excluding carboxylic acids is 4. The summed E-state index contributed by atoms with van der Waals surface area (Å²) in [7, 11) is 0. The Kier molecular flexibility index (Phi) is 5.39. The van der Waals surface area contributed by atoms with Gasteiger partial charge in [0.15, 0.2) is 28.6 Å².